The zero-order valence-corrected chi connectivity index (χ0v) is 7.47. The Hall–Kier alpha value is -1.16. The lowest BCUT2D eigenvalue weighted by molar-refractivity contribution is 0.0959. The molecule has 0 saturated carbocycles. The van der Waals surface area contributed by atoms with Gasteiger partial charge in [-0.15, -0.1) is 0 Å². The number of likely N-dealkylation sites (N-methyl/N-ethyl adjacent to an activating group) is 1. The van der Waals surface area contributed by atoms with Crippen molar-refractivity contribution in [3.8, 4) is 0 Å². The molecule has 0 bridgehead atoms. The molecule has 1 aromatic rings. The van der Waals surface area contributed by atoms with E-state index in [1.807, 2.05) is 6.92 Å². The molecule has 0 fully saturated rings. The average Bonchev–Trinajstić information content (AvgIpc) is 2.33. The van der Waals surface area contributed by atoms with Crippen molar-refractivity contribution in [3.05, 3.63) is 17.3 Å². The van der Waals surface area contributed by atoms with Gasteiger partial charge in [0, 0.05) is 0 Å². The third kappa shape index (κ3) is 1.71. The lowest BCUT2D eigenvalue weighted by atomic mass is 10.4. The highest BCUT2D eigenvalue weighted by molar-refractivity contribution is 5.93. The van der Waals surface area contributed by atoms with E-state index < -0.39 is 0 Å². The lowest BCUT2D eigenvalue weighted by Crippen LogP contribution is -2.18. The molecule has 1 aromatic heterocycles. The second kappa shape index (κ2) is 3.49. The molecule has 0 aliphatic carbocycles. The monoisotopic (exact) mass is 168 g/mol. The van der Waals surface area contributed by atoms with Crippen LogP contribution in [0, 0.1) is 13.8 Å². The average molecular weight is 168 g/mol. The van der Waals surface area contributed by atoms with Gasteiger partial charge in [-0.1, -0.05) is 0 Å². The molecule has 12 heavy (non-hydrogen) atoms. The fourth-order valence-corrected chi connectivity index (χ4v) is 0.828. The maximum absolute atomic E-state index is 11.2. The fourth-order valence-electron chi connectivity index (χ4n) is 0.828. The maximum Gasteiger partial charge on any atom is 0.264 e. The van der Waals surface area contributed by atoms with E-state index in [-0.39, 0.29) is 18.2 Å². The van der Waals surface area contributed by atoms with Crippen LogP contribution in [0.1, 0.15) is 22.1 Å². The SMILES string of the molecule is CNCC(=O)c1nc(C)c(C)o1. The van der Waals surface area contributed by atoms with Gasteiger partial charge in [0.25, 0.3) is 5.89 Å². The number of aryl methyl sites for hydroxylation is 2. The van der Waals surface area contributed by atoms with Crippen LogP contribution in [0.5, 0.6) is 0 Å². The van der Waals surface area contributed by atoms with Gasteiger partial charge in [-0.25, -0.2) is 4.98 Å². The molecular weight excluding hydrogens is 156 g/mol. The summed E-state index contributed by atoms with van der Waals surface area (Å²) in [6.45, 7) is 3.87. The van der Waals surface area contributed by atoms with Crippen LogP contribution < -0.4 is 5.32 Å². The molecule has 1 N–H and O–H groups in total. The minimum Gasteiger partial charge on any atom is -0.439 e. The van der Waals surface area contributed by atoms with Crippen molar-refractivity contribution < 1.29 is 9.21 Å². The van der Waals surface area contributed by atoms with Gasteiger partial charge in [-0.05, 0) is 20.9 Å². The van der Waals surface area contributed by atoms with Gasteiger partial charge in [-0.2, -0.15) is 0 Å². The van der Waals surface area contributed by atoms with Gasteiger partial charge >= 0.3 is 0 Å². The lowest BCUT2D eigenvalue weighted by Gasteiger charge is -1.91. The van der Waals surface area contributed by atoms with Crippen LogP contribution >= 0.6 is 0 Å². The molecule has 66 valence electrons. The summed E-state index contributed by atoms with van der Waals surface area (Å²) in [5.74, 6) is 0.780. The van der Waals surface area contributed by atoms with Gasteiger partial charge in [0.2, 0.25) is 5.78 Å². The van der Waals surface area contributed by atoms with Gasteiger partial charge in [0.05, 0.1) is 12.2 Å². The van der Waals surface area contributed by atoms with E-state index in [0.29, 0.717) is 5.76 Å². The predicted octanol–water partition coefficient (Wildman–Crippen LogP) is 0.694. The summed E-state index contributed by atoms with van der Waals surface area (Å²) in [5, 5.41) is 2.75. The van der Waals surface area contributed by atoms with Crippen LogP contribution in [0.4, 0.5) is 0 Å². The van der Waals surface area contributed by atoms with Crippen LogP contribution in [0.25, 0.3) is 0 Å². The molecule has 0 saturated heterocycles. The van der Waals surface area contributed by atoms with Crippen molar-refractivity contribution in [2.24, 2.45) is 0 Å². The largest absolute Gasteiger partial charge is 0.439 e. The summed E-state index contributed by atoms with van der Waals surface area (Å²) in [5.41, 5.74) is 0.773. The number of aromatic nitrogens is 1. The van der Waals surface area contributed by atoms with Gasteiger partial charge in [0.15, 0.2) is 0 Å². The van der Waals surface area contributed by atoms with Crippen molar-refractivity contribution in [1.82, 2.24) is 10.3 Å². The Balaban J connectivity index is 2.82. The highest BCUT2D eigenvalue weighted by Gasteiger charge is 2.12. The third-order valence-corrected chi connectivity index (χ3v) is 1.60. The number of carbonyl (C=O) groups is 1. The number of rotatable bonds is 3. The number of hydrogen-bond donors (Lipinski definition) is 1. The molecular formula is C8H12N2O2. The molecule has 0 spiro atoms. The van der Waals surface area contributed by atoms with E-state index >= 15 is 0 Å². The van der Waals surface area contributed by atoms with Gasteiger partial charge < -0.3 is 9.73 Å². The summed E-state index contributed by atoms with van der Waals surface area (Å²) >= 11 is 0. The summed E-state index contributed by atoms with van der Waals surface area (Å²) in [4.78, 5) is 15.2. The topological polar surface area (TPSA) is 55.1 Å². The van der Waals surface area contributed by atoms with Crippen LogP contribution in [0.2, 0.25) is 0 Å². The number of Topliss-reactive ketones (excluding diaryl/α,β-unsaturated/α-hetero) is 1. The Labute approximate surface area is 71.0 Å². The third-order valence-electron chi connectivity index (χ3n) is 1.60. The van der Waals surface area contributed by atoms with Crippen molar-refractivity contribution in [2.45, 2.75) is 13.8 Å². The first kappa shape index (κ1) is 8.93. The Morgan fingerprint density at radius 1 is 1.58 bits per heavy atom. The Morgan fingerprint density at radius 3 is 2.67 bits per heavy atom. The summed E-state index contributed by atoms with van der Waals surface area (Å²) in [6.07, 6.45) is 0. The van der Waals surface area contributed by atoms with Crippen molar-refractivity contribution in [3.63, 3.8) is 0 Å². The molecule has 1 heterocycles. The van der Waals surface area contributed by atoms with Crippen molar-refractivity contribution in [1.29, 1.82) is 0 Å². The van der Waals surface area contributed by atoms with E-state index in [9.17, 15) is 4.79 Å². The molecule has 0 aromatic carbocycles. The molecule has 0 amide bonds. The Morgan fingerprint density at radius 2 is 2.25 bits per heavy atom. The standard InChI is InChI=1S/C8H12N2O2/c1-5-6(2)12-8(10-5)7(11)4-9-3/h9H,4H2,1-3H3. The quantitative estimate of drug-likeness (QED) is 0.675. The highest BCUT2D eigenvalue weighted by atomic mass is 16.4. The highest BCUT2D eigenvalue weighted by Crippen LogP contribution is 2.08. The number of nitrogens with zero attached hydrogens (tertiary/aromatic N) is 1. The molecule has 0 radical (unpaired) electrons. The van der Waals surface area contributed by atoms with Crippen LogP contribution in [0.15, 0.2) is 4.42 Å². The van der Waals surface area contributed by atoms with Gasteiger partial charge in [-0.3, -0.25) is 4.79 Å². The number of oxazole rings is 1. The minimum atomic E-state index is -0.117. The molecule has 0 atom stereocenters. The van der Waals surface area contributed by atoms with Gasteiger partial charge in [0.1, 0.15) is 5.76 Å². The number of ketones is 1. The van der Waals surface area contributed by atoms with E-state index in [1.165, 1.54) is 0 Å². The number of hydrogen-bond acceptors (Lipinski definition) is 4. The fraction of sp³-hybridized carbons (Fsp3) is 0.500. The first-order valence-corrected chi connectivity index (χ1v) is 3.77. The predicted molar refractivity (Wildman–Crippen MR) is 44.2 cm³/mol. The minimum absolute atomic E-state index is 0.117. The molecule has 0 unspecified atom stereocenters. The van der Waals surface area contributed by atoms with Crippen molar-refractivity contribution in [2.75, 3.05) is 13.6 Å². The van der Waals surface area contributed by atoms with Crippen LogP contribution in [0.3, 0.4) is 0 Å². The maximum atomic E-state index is 11.2. The Kier molecular flexibility index (Phi) is 2.60. The normalized spacial score (nSPS) is 10.2. The molecule has 4 heteroatoms. The zero-order valence-electron chi connectivity index (χ0n) is 7.47. The first-order valence-electron chi connectivity index (χ1n) is 3.77. The zero-order chi connectivity index (χ0) is 9.14. The molecule has 0 aliphatic rings. The summed E-state index contributed by atoms with van der Waals surface area (Å²) in [6, 6.07) is 0. The van der Waals surface area contributed by atoms with E-state index in [4.69, 9.17) is 4.42 Å². The molecule has 4 nitrogen and oxygen atoms in total. The van der Waals surface area contributed by atoms with Crippen LogP contribution in [-0.4, -0.2) is 24.4 Å². The van der Waals surface area contributed by atoms with E-state index in [1.54, 1.807) is 14.0 Å². The van der Waals surface area contributed by atoms with E-state index in [0.717, 1.165) is 5.69 Å². The second-order valence-electron chi connectivity index (χ2n) is 2.61. The number of nitrogens with one attached hydrogen (secondary N) is 1. The second-order valence-corrected chi connectivity index (χ2v) is 2.61. The first-order chi connectivity index (χ1) is 5.65. The number of carbonyl (C=O) groups excluding carboxylic acids is 1. The van der Waals surface area contributed by atoms with Crippen molar-refractivity contribution >= 4 is 5.78 Å². The smallest absolute Gasteiger partial charge is 0.264 e. The Bertz CT molecular complexity index is 272. The molecule has 1 rings (SSSR count). The summed E-state index contributed by atoms with van der Waals surface area (Å²) < 4.78 is 5.13. The van der Waals surface area contributed by atoms with E-state index in [2.05, 4.69) is 10.3 Å². The molecule has 0 aliphatic heterocycles. The summed E-state index contributed by atoms with van der Waals surface area (Å²) in [7, 11) is 1.71. The van der Waals surface area contributed by atoms with Crippen LogP contribution in [-0.2, 0) is 0 Å².